The second kappa shape index (κ2) is 20.3. The Morgan fingerprint density at radius 3 is 1.68 bits per heavy atom. The molecule has 0 atom stereocenters. The highest BCUT2D eigenvalue weighted by atomic mass is 17.8. The van der Waals surface area contributed by atoms with Crippen LogP contribution in [-0.4, -0.2) is 13.1 Å². The predicted molar refractivity (Wildman–Crippen MR) is 78.5 cm³/mol. The van der Waals surface area contributed by atoms with Crippen LogP contribution in [0.3, 0.4) is 0 Å². The lowest BCUT2D eigenvalue weighted by molar-refractivity contribution is -0.748. The average Bonchev–Trinajstić information content (AvgIpc) is 2.54. The van der Waals surface area contributed by atoms with Crippen molar-refractivity contribution in [3.63, 3.8) is 0 Å². The molecule has 0 aromatic carbocycles. The molecule has 7 heteroatoms. The molecule has 0 fully saturated rings. The van der Waals surface area contributed by atoms with Crippen molar-refractivity contribution in [3.05, 3.63) is 0 Å². The van der Waals surface area contributed by atoms with Crippen LogP contribution >= 0.6 is 0 Å². The quantitative estimate of drug-likeness (QED) is 0.150. The number of hydrogen-bond donors (Lipinski definition) is 0. The van der Waals surface area contributed by atoms with Crippen LogP contribution in [0.2, 0.25) is 0 Å². The fourth-order valence-corrected chi connectivity index (χ4v) is 2.11. The van der Waals surface area contributed by atoms with Crippen LogP contribution in [0.5, 0.6) is 0 Å². The van der Waals surface area contributed by atoms with E-state index in [9.17, 15) is 4.79 Å². The molecule has 0 N–H and O–H groups in total. The minimum absolute atomic E-state index is 0.0245. The van der Waals surface area contributed by atoms with Gasteiger partial charge in [0.2, 0.25) is 0 Å². The average molecular weight is 322 g/mol. The summed E-state index contributed by atoms with van der Waals surface area (Å²) in [5.74, 6) is 0. The zero-order chi connectivity index (χ0) is 16.1. The molecule has 0 aromatic rings. The van der Waals surface area contributed by atoms with Crippen molar-refractivity contribution in [2.45, 2.75) is 84.0 Å². The molecule has 7 nitrogen and oxygen atoms in total. The molecule has 0 saturated heterocycles. The van der Waals surface area contributed by atoms with Crippen LogP contribution in [0.4, 0.5) is 0 Å². The van der Waals surface area contributed by atoms with Gasteiger partial charge in [-0.05, 0) is 16.5 Å². The van der Waals surface area contributed by atoms with E-state index >= 15 is 0 Å². The summed E-state index contributed by atoms with van der Waals surface area (Å²) in [4.78, 5) is 18.0. The molecule has 132 valence electrons. The van der Waals surface area contributed by atoms with Crippen LogP contribution in [-0.2, 0) is 34.7 Å². The first kappa shape index (κ1) is 21.3. The Balaban J connectivity index is 2.92. The van der Waals surface area contributed by atoms with Crippen LogP contribution < -0.4 is 0 Å². The van der Waals surface area contributed by atoms with Gasteiger partial charge in [-0.3, -0.25) is 9.68 Å². The summed E-state index contributed by atoms with van der Waals surface area (Å²) in [7, 11) is 0. The molecule has 0 unspecified atom stereocenters. The Kier molecular flexibility index (Phi) is 19.6. The summed E-state index contributed by atoms with van der Waals surface area (Å²) in [5, 5.41) is 15.5. The third-order valence-corrected chi connectivity index (χ3v) is 3.29. The first-order chi connectivity index (χ1) is 10.9. The van der Waals surface area contributed by atoms with Gasteiger partial charge < -0.3 is 0 Å². The van der Waals surface area contributed by atoms with E-state index in [1.807, 2.05) is 0 Å². The zero-order valence-electron chi connectivity index (χ0n) is 13.6. The molecule has 0 saturated carbocycles. The maximum absolute atomic E-state index is 9.62. The summed E-state index contributed by atoms with van der Waals surface area (Å²) in [6, 6.07) is 0. The van der Waals surface area contributed by atoms with E-state index in [4.69, 9.17) is 0 Å². The number of unbranched alkanes of at least 4 members (excludes halogenated alkanes) is 11. The van der Waals surface area contributed by atoms with E-state index in [0.29, 0.717) is 6.61 Å². The number of carbonyl (C=O) groups excluding carboxylic acids is 1. The van der Waals surface area contributed by atoms with Gasteiger partial charge in [0.05, 0.1) is 6.61 Å². The van der Waals surface area contributed by atoms with Gasteiger partial charge in [-0.15, -0.1) is 0 Å². The van der Waals surface area contributed by atoms with Gasteiger partial charge >= 0.3 is 6.47 Å². The van der Waals surface area contributed by atoms with Crippen LogP contribution in [0.1, 0.15) is 84.0 Å². The Morgan fingerprint density at radius 1 is 0.636 bits per heavy atom. The fraction of sp³-hybridized carbons (Fsp3) is 0.933. The molecule has 0 rings (SSSR count). The first-order valence-electron chi connectivity index (χ1n) is 8.30. The van der Waals surface area contributed by atoms with Crippen molar-refractivity contribution in [1.82, 2.24) is 0 Å². The normalized spacial score (nSPS) is 10.8. The molecule has 0 aliphatic heterocycles. The van der Waals surface area contributed by atoms with E-state index in [1.165, 1.54) is 64.2 Å². The first-order valence-corrected chi connectivity index (χ1v) is 8.30. The van der Waals surface area contributed by atoms with Crippen molar-refractivity contribution in [2.75, 3.05) is 6.61 Å². The molecule has 0 heterocycles. The van der Waals surface area contributed by atoms with Gasteiger partial charge in [-0.1, -0.05) is 77.6 Å². The van der Waals surface area contributed by atoms with Crippen LogP contribution in [0.15, 0.2) is 0 Å². The highest BCUT2D eigenvalue weighted by molar-refractivity contribution is 5.35. The minimum atomic E-state index is 0.0245. The van der Waals surface area contributed by atoms with Gasteiger partial charge in [0.25, 0.3) is 0 Å². The Morgan fingerprint density at radius 2 is 1.14 bits per heavy atom. The minimum Gasteiger partial charge on any atom is -0.270 e. The molecule has 0 aromatic heterocycles. The van der Waals surface area contributed by atoms with E-state index in [2.05, 4.69) is 36.9 Å². The monoisotopic (exact) mass is 322 g/mol. The number of hydrogen-bond acceptors (Lipinski definition) is 7. The van der Waals surface area contributed by atoms with Crippen molar-refractivity contribution < 1.29 is 34.7 Å². The Bertz CT molecular complexity index is 214. The summed E-state index contributed by atoms with van der Waals surface area (Å²) >= 11 is 0. The maximum atomic E-state index is 9.62. The summed E-state index contributed by atoms with van der Waals surface area (Å²) in [6.45, 7) is 2.67. The summed E-state index contributed by atoms with van der Waals surface area (Å²) < 4.78 is 0. The predicted octanol–water partition coefficient (Wildman–Crippen LogP) is 4.52. The fourth-order valence-electron chi connectivity index (χ4n) is 2.11. The van der Waals surface area contributed by atoms with E-state index < -0.39 is 0 Å². The highest BCUT2D eigenvalue weighted by Gasteiger charge is 1.95. The van der Waals surface area contributed by atoms with Crippen molar-refractivity contribution in [3.8, 4) is 0 Å². The van der Waals surface area contributed by atoms with E-state index in [1.54, 1.807) is 0 Å². The summed E-state index contributed by atoms with van der Waals surface area (Å²) in [6.07, 6.45) is 15.3. The van der Waals surface area contributed by atoms with Crippen molar-refractivity contribution in [2.24, 2.45) is 0 Å². The standard InChI is InChI=1S/C15H30O7/c1-2-3-4-5-6-7-8-9-10-11-12-13-14-17-19-21-22-20-18-15-16/h15H,2-14H2,1H3. The molecule has 0 amide bonds. The van der Waals surface area contributed by atoms with Gasteiger partial charge in [0.15, 0.2) is 0 Å². The maximum Gasteiger partial charge on any atom is 0.334 e. The lowest BCUT2D eigenvalue weighted by Gasteiger charge is -2.03. The highest BCUT2D eigenvalue weighted by Crippen LogP contribution is 2.11. The largest absolute Gasteiger partial charge is 0.334 e. The number of rotatable bonds is 19. The molecule has 0 radical (unpaired) electrons. The molecular formula is C15H30O7. The number of carbonyl (C=O) groups is 1. The second-order valence-electron chi connectivity index (χ2n) is 5.18. The Labute approximate surface area is 132 Å². The van der Waals surface area contributed by atoms with E-state index in [-0.39, 0.29) is 6.47 Å². The molecular weight excluding hydrogens is 292 g/mol. The van der Waals surface area contributed by atoms with Crippen molar-refractivity contribution in [1.29, 1.82) is 0 Å². The molecule has 0 aliphatic carbocycles. The van der Waals surface area contributed by atoms with Gasteiger partial charge in [0, 0.05) is 10.1 Å². The molecule has 0 spiro atoms. The lowest BCUT2D eigenvalue weighted by atomic mass is 10.1. The van der Waals surface area contributed by atoms with Gasteiger partial charge in [-0.25, -0.2) is 4.89 Å². The SMILES string of the molecule is CCCCCCCCCCCCCCOOOOOOC=O. The zero-order valence-corrected chi connectivity index (χ0v) is 13.6. The summed E-state index contributed by atoms with van der Waals surface area (Å²) in [5.41, 5.74) is 0. The van der Waals surface area contributed by atoms with Crippen LogP contribution in [0.25, 0.3) is 0 Å². The van der Waals surface area contributed by atoms with Crippen LogP contribution in [0, 0.1) is 0 Å². The molecule has 0 aliphatic rings. The van der Waals surface area contributed by atoms with Gasteiger partial charge in [0.1, 0.15) is 0 Å². The molecule has 0 bridgehead atoms. The Hall–Kier alpha value is -0.730. The third-order valence-electron chi connectivity index (χ3n) is 3.29. The lowest BCUT2D eigenvalue weighted by Crippen LogP contribution is -2.01. The third kappa shape index (κ3) is 19.3. The smallest absolute Gasteiger partial charge is 0.270 e. The van der Waals surface area contributed by atoms with Crippen molar-refractivity contribution >= 4 is 6.47 Å². The van der Waals surface area contributed by atoms with E-state index in [0.717, 1.165) is 12.8 Å². The topological polar surface area (TPSA) is 72.5 Å². The second-order valence-corrected chi connectivity index (χ2v) is 5.18. The van der Waals surface area contributed by atoms with Gasteiger partial charge in [-0.2, -0.15) is 0 Å². The molecule has 22 heavy (non-hydrogen) atoms.